The van der Waals surface area contributed by atoms with Crippen LogP contribution in [-0.4, -0.2) is 49.3 Å². The highest BCUT2D eigenvalue weighted by atomic mass is 16.5. The van der Waals surface area contributed by atoms with Crippen molar-refractivity contribution >= 4 is 17.7 Å². The van der Waals surface area contributed by atoms with E-state index in [0.29, 0.717) is 18.8 Å². The summed E-state index contributed by atoms with van der Waals surface area (Å²) in [5, 5.41) is 2.83. The molecule has 0 fully saturated rings. The number of benzene rings is 1. The van der Waals surface area contributed by atoms with Gasteiger partial charge in [-0.1, -0.05) is 19.1 Å². The second-order valence-electron chi connectivity index (χ2n) is 5.51. The lowest BCUT2D eigenvalue weighted by atomic mass is 10.1. The molecule has 0 saturated heterocycles. The summed E-state index contributed by atoms with van der Waals surface area (Å²) in [7, 11) is 2.82. The van der Waals surface area contributed by atoms with Crippen LogP contribution in [0.25, 0.3) is 0 Å². The van der Waals surface area contributed by atoms with Gasteiger partial charge in [-0.3, -0.25) is 0 Å². The van der Waals surface area contributed by atoms with E-state index in [1.165, 1.54) is 23.8 Å². The maximum absolute atomic E-state index is 12.6. The van der Waals surface area contributed by atoms with Crippen LogP contribution in [-0.2, 0) is 22.4 Å². The Morgan fingerprint density at radius 2 is 1.96 bits per heavy atom. The first-order valence-corrected chi connectivity index (χ1v) is 8.23. The molecule has 2 aromatic rings. The summed E-state index contributed by atoms with van der Waals surface area (Å²) in [6.45, 7) is 2.86. The number of urea groups is 1. The SMILES string of the molecule is CCc1ccc(NC(=O)N(CCOC)Cc2nc(C(=O)OC)co2)cc1. The minimum absolute atomic E-state index is 0.0600. The molecule has 2 rings (SSSR count). The highest BCUT2D eigenvalue weighted by Crippen LogP contribution is 2.13. The Hall–Kier alpha value is -2.87. The lowest BCUT2D eigenvalue weighted by Gasteiger charge is -2.21. The number of aromatic nitrogens is 1. The molecular formula is C18H23N3O5. The third-order valence-electron chi connectivity index (χ3n) is 3.74. The second-order valence-corrected chi connectivity index (χ2v) is 5.51. The fourth-order valence-electron chi connectivity index (χ4n) is 2.23. The summed E-state index contributed by atoms with van der Waals surface area (Å²) in [6.07, 6.45) is 2.14. The maximum Gasteiger partial charge on any atom is 0.360 e. The average molecular weight is 361 g/mol. The van der Waals surface area contributed by atoms with Crippen molar-refractivity contribution in [3.63, 3.8) is 0 Å². The van der Waals surface area contributed by atoms with E-state index >= 15 is 0 Å². The summed E-state index contributed by atoms with van der Waals surface area (Å²) in [5.74, 6) is -0.359. The van der Waals surface area contributed by atoms with Gasteiger partial charge in [-0.05, 0) is 24.1 Å². The van der Waals surface area contributed by atoms with E-state index in [4.69, 9.17) is 9.15 Å². The Bertz CT molecular complexity index is 727. The molecule has 8 nitrogen and oxygen atoms in total. The monoisotopic (exact) mass is 361 g/mol. The lowest BCUT2D eigenvalue weighted by molar-refractivity contribution is 0.0594. The molecule has 1 aromatic heterocycles. The molecule has 26 heavy (non-hydrogen) atoms. The van der Waals surface area contributed by atoms with Gasteiger partial charge in [-0.2, -0.15) is 0 Å². The van der Waals surface area contributed by atoms with Crippen molar-refractivity contribution in [2.45, 2.75) is 19.9 Å². The summed E-state index contributed by atoms with van der Waals surface area (Å²) >= 11 is 0. The molecule has 0 saturated carbocycles. The highest BCUT2D eigenvalue weighted by Gasteiger charge is 2.19. The molecule has 8 heteroatoms. The van der Waals surface area contributed by atoms with Crippen LogP contribution in [0.1, 0.15) is 28.9 Å². The molecule has 140 valence electrons. The average Bonchev–Trinajstić information content (AvgIpc) is 3.13. The number of aryl methyl sites for hydroxylation is 1. The van der Waals surface area contributed by atoms with Crippen molar-refractivity contribution in [1.82, 2.24) is 9.88 Å². The van der Waals surface area contributed by atoms with Crippen LogP contribution in [0.2, 0.25) is 0 Å². The molecule has 0 aliphatic carbocycles. The number of methoxy groups -OCH3 is 2. The first kappa shape index (κ1) is 19.5. The number of nitrogens with one attached hydrogen (secondary N) is 1. The normalized spacial score (nSPS) is 10.4. The van der Waals surface area contributed by atoms with E-state index < -0.39 is 5.97 Å². The topological polar surface area (TPSA) is 93.9 Å². The predicted molar refractivity (Wildman–Crippen MR) is 95.0 cm³/mol. The van der Waals surface area contributed by atoms with Crippen molar-refractivity contribution in [3.8, 4) is 0 Å². The fraction of sp³-hybridized carbons (Fsp3) is 0.389. The van der Waals surface area contributed by atoms with Crippen LogP contribution in [0.15, 0.2) is 34.9 Å². The molecule has 0 unspecified atom stereocenters. The van der Waals surface area contributed by atoms with E-state index in [0.717, 1.165) is 6.42 Å². The van der Waals surface area contributed by atoms with Crippen molar-refractivity contribution in [1.29, 1.82) is 0 Å². The zero-order valence-corrected chi connectivity index (χ0v) is 15.2. The van der Waals surface area contributed by atoms with Crippen LogP contribution in [0.3, 0.4) is 0 Å². The van der Waals surface area contributed by atoms with Crippen LogP contribution in [0.5, 0.6) is 0 Å². The Balaban J connectivity index is 2.05. The number of carbonyl (C=O) groups excluding carboxylic acids is 2. The smallest absolute Gasteiger partial charge is 0.360 e. The van der Waals surface area contributed by atoms with Crippen molar-refractivity contribution in [2.75, 3.05) is 32.7 Å². The van der Waals surface area contributed by atoms with Gasteiger partial charge in [0.15, 0.2) is 5.69 Å². The van der Waals surface area contributed by atoms with Gasteiger partial charge in [-0.25, -0.2) is 14.6 Å². The summed E-state index contributed by atoms with van der Waals surface area (Å²) in [5.41, 5.74) is 1.94. The number of hydrogen-bond donors (Lipinski definition) is 1. The second kappa shape index (κ2) is 9.57. The van der Waals surface area contributed by atoms with Gasteiger partial charge in [0.25, 0.3) is 0 Å². The number of ether oxygens (including phenoxy) is 2. The summed E-state index contributed by atoms with van der Waals surface area (Å²) in [6, 6.07) is 7.32. The zero-order chi connectivity index (χ0) is 18.9. The molecule has 1 N–H and O–H groups in total. The molecule has 0 atom stereocenters. The number of carbonyl (C=O) groups is 2. The molecule has 0 aliphatic heterocycles. The molecule has 1 aromatic carbocycles. The first-order valence-electron chi connectivity index (χ1n) is 8.23. The Morgan fingerprint density at radius 1 is 1.23 bits per heavy atom. The van der Waals surface area contributed by atoms with Gasteiger partial charge in [0.05, 0.1) is 20.3 Å². The number of hydrogen-bond acceptors (Lipinski definition) is 6. The zero-order valence-electron chi connectivity index (χ0n) is 15.2. The van der Waals surface area contributed by atoms with Gasteiger partial charge in [0.2, 0.25) is 5.89 Å². The number of esters is 1. The van der Waals surface area contributed by atoms with Crippen LogP contribution in [0.4, 0.5) is 10.5 Å². The van der Waals surface area contributed by atoms with E-state index in [2.05, 4.69) is 22.0 Å². The van der Waals surface area contributed by atoms with Gasteiger partial charge in [0.1, 0.15) is 6.26 Å². The van der Waals surface area contributed by atoms with Gasteiger partial charge >= 0.3 is 12.0 Å². The Kier molecular flexibility index (Phi) is 7.16. The summed E-state index contributed by atoms with van der Waals surface area (Å²) < 4.78 is 14.9. The molecule has 0 aliphatic rings. The van der Waals surface area contributed by atoms with Gasteiger partial charge < -0.3 is 24.1 Å². The fourth-order valence-corrected chi connectivity index (χ4v) is 2.23. The molecule has 0 spiro atoms. The number of rotatable bonds is 8. The number of nitrogens with zero attached hydrogens (tertiary/aromatic N) is 2. The lowest BCUT2D eigenvalue weighted by Crippen LogP contribution is -2.37. The molecule has 1 heterocycles. The summed E-state index contributed by atoms with van der Waals surface area (Å²) in [4.78, 5) is 29.6. The van der Waals surface area contributed by atoms with Crippen LogP contribution >= 0.6 is 0 Å². The third-order valence-corrected chi connectivity index (χ3v) is 3.74. The number of anilines is 1. The molecular weight excluding hydrogens is 338 g/mol. The predicted octanol–water partition coefficient (Wildman–Crippen LogP) is 2.70. The first-order chi connectivity index (χ1) is 12.6. The van der Waals surface area contributed by atoms with Gasteiger partial charge in [-0.15, -0.1) is 0 Å². The van der Waals surface area contributed by atoms with Crippen LogP contribution in [0, 0.1) is 0 Å². The number of amides is 2. The van der Waals surface area contributed by atoms with Gasteiger partial charge in [0, 0.05) is 19.3 Å². The maximum atomic E-state index is 12.6. The van der Waals surface area contributed by atoms with Crippen LogP contribution < -0.4 is 5.32 Å². The van der Waals surface area contributed by atoms with E-state index in [9.17, 15) is 9.59 Å². The van der Waals surface area contributed by atoms with Crippen molar-refractivity contribution in [3.05, 3.63) is 47.7 Å². The molecule has 0 radical (unpaired) electrons. The van der Waals surface area contributed by atoms with E-state index in [1.54, 1.807) is 7.11 Å². The third kappa shape index (κ3) is 5.32. The van der Waals surface area contributed by atoms with Crippen molar-refractivity contribution < 1.29 is 23.5 Å². The Morgan fingerprint density at radius 3 is 2.58 bits per heavy atom. The number of oxazole rings is 1. The largest absolute Gasteiger partial charge is 0.464 e. The minimum atomic E-state index is -0.594. The van der Waals surface area contributed by atoms with Crippen molar-refractivity contribution in [2.24, 2.45) is 0 Å². The quantitative estimate of drug-likeness (QED) is 0.727. The minimum Gasteiger partial charge on any atom is -0.464 e. The standard InChI is InChI=1S/C18H23N3O5/c1-4-13-5-7-14(8-6-13)19-18(23)21(9-10-24-2)11-16-20-15(12-26-16)17(22)25-3/h5-8,12H,4,9-11H2,1-3H3,(H,19,23). The Labute approximate surface area is 152 Å². The van der Waals surface area contributed by atoms with E-state index in [1.807, 2.05) is 24.3 Å². The molecule has 2 amide bonds. The van der Waals surface area contributed by atoms with E-state index in [-0.39, 0.29) is 24.2 Å². The molecule has 0 bridgehead atoms. The highest BCUT2D eigenvalue weighted by molar-refractivity contribution is 5.89.